The number of hydrogen-bond acceptors (Lipinski definition) is 5. The van der Waals surface area contributed by atoms with Gasteiger partial charge in [0.2, 0.25) is 5.91 Å². The summed E-state index contributed by atoms with van der Waals surface area (Å²) in [4.78, 5) is 22.2. The van der Waals surface area contributed by atoms with Crippen LogP contribution >= 0.6 is 11.8 Å². The SMILES string of the molecule is CSc1nccc(N(C(C)=O)c2ccc(Oc3ccc(F)cc3)cc2)n1. The first-order valence-corrected chi connectivity index (χ1v) is 9.00. The normalized spacial score (nSPS) is 10.4. The van der Waals surface area contributed by atoms with Gasteiger partial charge in [-0.3, -0.25) is 9.69 Å². The first kappa shape index (κ1) is 17.9. The lowest BCUT2D eigenvalue weighted by atomic mass is 10.2. The van der Waals surface area contributed by atoms with E-state index in [1.165, 1.54) is 35.7 Å². The summed E-state index contributed by atoms with van der Waals surface area (Å²) in [6, 6.07) is 14.5. The van der Waals surface area contributed by atoms with E-state index in [0.29, 0.717) is 28.2 Å². The molecule has 7 heteroatoms. The van der Waals surface area contributed by atoms with Gasteiger partial charge in [-0.2, -0.15) is 0 Å². The van der Waals surface area contributed by atoms with E-state index in [1.54, 1.807) is 48.7 Å². The minimum Gasteiger partial charge on any atom is -0.457 e. The molecule has 0 N–H and O–H groups in total. The lowest BCUT2D eigenvalue weighted by molar-refractivity contribution is -0.115. The monoisotopic (exact) mass is 369 g/mol. The quantitative estimate of drug-likeness (QED) is 0.477. The van der Waals surface area contributed by atoms with Crippen molar-refractivity contribution < 1.29 is 13.9 Å². The molecule has 1 amide bonds. The van der Waals surface area contributed by atoms with Gasteiger partial charge in [-0.25, -0.2) is 14.4 Å². The summed E-state index contributed by atoms with van der Waals surface area (Å²) in [6.45, 7) is 1.48. The molecule has 3 aromatic rings. The zero-order valence-electron chi connectivity index (χ0n) is 14.2. The predicted molar refractivity (Wildman–Crippen MR) is 99.5 cm³/mol. The highest BCUT2D eigenvalue weighted by Crippen LogP contribution is 2.28. The van der Waals surface area contributed by atoms with E-state index in [9.17, 15) is 9.18 Å². The number of aromatic nitrogens is 2. The fraction of sp³-hybridized carbons (Fsp3) is 0.105. The molecule has 1 heterocycles. The number of anilines is 2. The Hall–Kier alpha value is -2.93. The van der Waals surface area contributed by atoms with Gasteiger partial charge in [0.25, 0.3) is 0 Å². The topological polar surface area (TPSA) is 55.3 Å². The van der Waals surface area contributed by atoms with E-state index in [2.05, 4.69) is 9.97 Å². The van der Waals surface area contributed by atoms with Crippen molar-refractivity contribution >= 4 is 29.2 Å². The van der Waals surface area contributed by atoms with Crippen LogP contribution in [0.15, 0.2) is 66.0 Å². The molecule has 26 heavy (non-hydrogen) atoms. The summed E-state index contributed by atoms with van der Waals surface area (Å²) in [6.07, 6.45) is 3.49. The van der Waals surface area contributed by atoms with Crippen LogP contribution in [0, 0.1) is 5.82 Å². The molecule has 132 valence electrons. The van der Waals surface area contributed by atoms with E-state index in [1.807, 2.05) is 6.26 Å². The first-order chi connectivity index (χ1) is 12.6. The average Bonchev–Trinajstić information content (AvgIpc) is 2.65. The van der Waals surface area contributed by atoms with E-state index in [0.717, 1.165) is 0 Å². The Labute approximate surface area is 154 Å². The lowest BCUT2D eigenvalue weighted by Gasteiger charge is -2.20. The van der Waals surface area contributed by atoms with E-state index < -0.39 is 0 Å². The lowest BCUT2D eigenvalue weighted by Crippen LogP contribution is -2.23. The minimum atomic E-state index is -0.320. The van der Waals surface area contributed by atoms with Gasteiger partial charge in [-0.05, 0) is 60.9 Å². The number of rotatable bonds is 5. The van der Waals surface area contributed by atoms with Crippen molar-refractivity contribution in [3.05, 3.63) is 66.6 Å². The van der Waals surface area contributed by atoms with Gasteiger partial charge in [-0.1, -0.05) is 11.8 Å². The number of benzene rings is 2. The molecule has 0 aliphatic heterocycles. The second-order valence-electron chi connectivity index (χ2n) is 5.31. The maximum atomic E-state index is 13.0. The van der Waals surface area contributed by atoms with Crippen molar-refractivity contribution in [1.29, 1.82) is 0 Å². The summed E-state index contributed by atoms with van der Waals surface area (Å²) in [5.41, 5.74) is 0.662. The Balaban J connectivity index is 1.84. The fourth-order valence-corrected chi connectivity index (χ4v) is 2.68. The van der Waals surface area contributed by atoms with Crippen molar-refractivity contribution in [3.63, 3.8) is 0 Å². The van der Waals surface area contributed by atoms with Gasteiger partial charge in [0, 0.05) is 13.1 Å². The van der Waals surface area contributed by atoms with Crippen LogP contribution in [0.4, 0.5) is 15.9 Å². The van der Waals surface area contributed by atoms with Crippen LogP contribution in [0.25, 0.3) is 0 Å². The summed E-state index contributed by atoms with van der Waals surface area (Å²) in [7, 11) is 0. The Morgan fingerprint density at radius 3 is 2.23 bits per heavy atom. The summed E-state index contributed by atoms with van der Waals surface area (Å²) >= 11 is 1.41. The van der Waals surface area contributed by atoms with E-state index in [4.69, 9.17) is 4.74 Å². The first-order valence-electron chi connectivity index (χ1n) is 7.78. The van der Waals surface area contributed by atoms with Crippen LogP contribution in [0.1, 0.15) is 6.92 Å². The van der Waals surface area contributed by atoms with Gasteiger partial charge in [0.05, 0.1) is 5.69 Å². The van der Waals surface area contributed by atoms with Gasteiger partial charge >= 0.3 is 0 Å². The van der Waals surface area contributed by atoms with Crippen molar-refractivity contribution in [2.45, 2.75) is 12.1 Å². The van der Waals surface area contributed by atoms with Gasteiger partial charge in [0.15, 0.2) is 5.16 Å². The molecule has 2 aromatic carbocycles. The summed E-state index contributed by atoms with van der Waals surface area (Å²) in [5.74, 6) is 1.13. The zero-order valence-corrected chi connectivity index (χ0v) is 15.0. The molecule has 5 nitrogen and oxygen atoms in total. The third-order valence-electron chi connectivity index (χ3n) is 3.49. The molecular weight excluding hydrogens is 353 g/mol. The van der Waals surface area contributed by atoms with Crippen LogP contribution in [0.2, 0.25) is 0 Å². The van der Waals surface area contributed by atoms with Crippen LogP contribution in [0.3, 0.4) is 0 Å². The van der Waals surface area contributed by atoms with Gasteiger partial charge in [-0.15, -0.1) is 0 Å². The molecule has 0 radical (unpaired) electrons. The maximum Gasteiger partial charge on any atom is 0.229 e. The predicted octanol–water partition coefficient (Wildman–Crippen LogP) is 4.81. The standard InChI is InChI=1S/C19H16FN3O2S/c1-13(24)23(18-11-12-21-19(22-18)26-2)15-5-9-17(10-6-15)25-16-7-3-14(20)4-8-16/h3-12H,1-2H3. The smallest absolute Gasteiger partial charge is 0.229 e. The molecule has 0 saturated heterocycles. The van der Waals surface area contributed by atoms with E-state index >= 15 is 0 Å². The molecule has 0 fully saturated rings. The Bertz CT molecular complexity index is 901. The number of carbonyl (C=O) groups excluding carboxylic acids is 1. The molecule has 0 spiro atoms. The van der Waals surface area contributed by atoms with Crippen molar-refractivity contribution in [3.8, 4) is 11.5 Å². The van der Waals surface area contributed by atoms with Crippen LogP contribution in [-0.2, 0) is 4.79 Å². The summed E-state index contributed by atoms with van der Waals surface area (Å²) < 4.78 is 18.6. The number of ether oxygens (including phenoxy) is 1. The Morgan fingerprint density at radius 2 is 1.65 bits per heavy atom. The largest absolute Gasteiger partial charge is 0.457 e. The number of hydrogen-bond donors (Lipinski definition) is 0. The fourth-order valence-electron chi connectivity index (χ4n) is 2.33. The minimum absolute atomic E-state index is 0.164. The molecule has 3 rings (SSSR count). The molecule has 0 bridgehead atoms. The molecule has 0 unspecified atom stereocenters. The van der Waals surface area contributed by atoms with Gasteiger partial charge < -0.3 is 4.74 Å². The second kappa shape index (κ2) is 7.97. The molecular formula is C19H16FN3O2S. The highest BCUT2D eigenvalue weighted by molar-refractivity contribution is 7.98. The zero-order chi connectivity index (χ0) is 18.5. The third-order valence-corrected chi connectivity index (χ3v) is 4.05. The molecule has 1 aromatic heterocycles. The second-order valence-corrected chi connectivity index (χ2v) is 6.08. The number of thioether (sulfide) groups is 1. The number of nitrogens with zero attached hydrogens (tertiary/aromatic N) is 3. The number of carbonyl (C=O) groups is 1. The molecule has 0 aliphatic carbocycles. The highest BCUT2D eigenvalue weighted by atomic mass is 32.2. The van der Waals surface area contributed by atoms with Gasteiger partial charge in [0.1, 0.15) is 23.1 Å². The number of amides is 1. The Kier molecular flexibility index (Phi) is 5.48. The third kappa shape index (κ3) is 4.18. The average molecular weight is 369 g/mol. The number of halogens is 1. The van der Waals surface area contributed by atoms with Crippen LogP contribution in [0.5, 0.6) is 11.5 Å². The van der Waals surface area contributed by atoms with Crippen LogP contribution < -0.4 is 9.64 Å². The van der Waals surface area contributed by atoms with Crippen molar-refractivity contribution in [2.24, 2.45) is 0 Å². The molecule has 0 aliphatic rings. The molecule has 0 saturated carbocycles. The van der Waals surface area contributed by atoms with Crippen LogP contribution in [-0.4, -0.2) is 22.1 Å². The van der Waals surface area contributed by atoms with Crippen molar-refractivity contribution in [2.75, 3.05) is 11.2 Å². The molecule has 0 atom stereocenters. The Morgan fingerprint density at radius 1 is 1.04 bits per heavy atom. The maximum absolute atomic E-state index is 13.0. The van der Waals surface area contributed by atoms with E-state index in [-0.39, 0.29) is 11.7 Å². The highest BCUT2D eigenvalue weighted by Gasteiger charge is 2.16. The summed E-state index contributed by atoms with van der Waals surface area (Å²) in [5, 5.41) is 0.588. The van der Waals surface area contributed by atoms with Crippen molar-refractivity contribution in [1.82, 2.24) is 9.97 Å².